The third kappa shape index (κ3) is 4.59. The van der Waals surface area contributed by atoms with E-state index >= 15 is 0 Å². The van der Waals surface area contributed by atoms with Crippen LogP contribution in [0, 0.1) is 18.3 Å². The van der Waals surface area contributed by atoms with Gasteiger partial charge >= 0.3 is 0 Å². The van der Waals surface area contributed by atoms with E-state index in [0.717, 1.165) is 15.7 Å². The van der Waals surface area contributed by atoms with Gasteiger partial charge in [-0.2, -0.15) is 5.26 Å². The Balaban J connectivity index is 2.12. The van der Waals surface area contributed by atoms with Crippen LogP contribution in [-0.2, 0) is 4.79 Å². The summed E-state index contributed by atoms with van der Waals surface area (Å²) in [5, 5.41) is 15.3. The molecule has 6 heteroatoms. The van der Waals surface area contributed by atoms with Crippen molar-refractivity contribution in [1.29, 1.82) is 5.26 Å². The van der Waals surface area contributed by atoms with E-state index in [9.17, 15) is 4.79 Å². The van der Waals surface area contributed by atoms with Gasteiger partial charge in [-0.25, -0.2) is 0 Å². The second-order valence-corrected chi connectivity index (χ2v) is 6.01. The van der Waals surface area contributed by atoms with E-state index in [1.165, 1.54) is 6.20 Å². The molecule has 23 heavy (non-hydrogen) atoms. The lowest BCUT2D eigenvalue weighted by Crippen LogP contribution is -2.15. The summed E-state index contributed by atoms with van der Waals surface area (Å²) in [5.74, 6) is -0.498. The maximum atomic E-state index is 12.2. The van der Waals surface area contributed by atoms with Crippen LogP contribution in [-0.4, -0.2) is 5.91 Å². The average Bonchev–Trinajstić information content (AvgIpc) is 2.54. The van der Waals surface area contributed by atoms with Crippen LogP contribution < -0.4 is 10.6 Å². The van der Waals surface area contributed by atoms with E-state index < -0.39 is 5.91 Å². The molecule has 0 saturated carbocycles. The second kappa shape index (κ2) is 7.82. The second-order valence-electron chi connectivity index (χ2n) is 4.69. The molecule has 0 heterocycles. The van der Waals surface area contributed by atoms with Crippen LogP contribution in [0.15, 0.2) is 58.7 Å². The molecule has 2 rings (SSSR count). The Kier molecular flexibility index (Phi) is 5.80. The van der Waals surface area contributed by atoms with Gasteiger partial charge in [-0.1, -0.05) is 33.6 Å². The molecule has 0 bridgehead atoms. The molecule has 4 nitrogen and oxygen atoms in total. The molecule has 2 N–H and O–H groups in total. The summed E-state index contributed by atoms with van der Waals surface area (Å²) in [6, 6.07) is 14.5. The summed E-state index contributed by atoms with van der Waals surface area (Å²) < 4.78 is 0.946. The summed E-state index contributed by atoms with van der Waals surface area (Å²) in [7, 11) is 0. The summed E-state index contributed by atoms with van der Waals surface area (Å²) >= 11 is 9.36. The highest BCUT2D eigenvalue weighted by Gasteiger charge is 2.11. The molecule has 0 unspecified atom stereocenters. The molecule has 0 aliphatic rings. The molecule has 116 valence electrons. The Hall–Kier alpha value is -2.29. The number of halogens is 2. The first-order valence-electron chi connectivity index (χ1n) is 6.70. The zero-order valence-electron chi connectivity index (χ0n) is 12.2. The van der Waals surface area contributed by atoms with Crippen LogP contribution in [0.25, 0.3) is 0 Å². The normalized spacial score (nSPS) is 10.8. The molecule has 0 saturated heterocycles. The third-order valence-corrected chi connectivity index (χ3v) is 4.05. The number of hydrogen-bond acceptors (Lipinski definition) is 3. The average molecular weight is 391 g/mol. The van der Waals surface area contributed by atoms with E-state index in [-0.39, 0.29) is 5.57 Å². The number of carbonyl (C=O) groups excluding carboxylic acids is 1. The van der Waals surface area contributed by atoms with Gasteiger partial charge in [0.25, 0.3) is 5.91 Å². The lowest BCUT2D eigenvalue weighted by atomic mass is 10.2. The number of benzene rings is 2. The van der Waals surface area contributed by atoms with Crippen LogP contribution in [0.3, 0.4) is 0 Å². The van der Waals surface area contributed by atoms with Crippen LogP contribution in [0.5, 0.6) is 0 Å². The topological polar surface area (TPSA) is 64.9 Å². The number of carbonyl (C=O) groups is 1. The molecule has 2 aromatic rings. The van der Waals surface area contributed by atoms with Gasteiger partial charge in [-0.15, -0.1) is 0 Å². The predicted molar refractivity (Wildman–Crippen MR) is 96.3 cm³/mol. The summed E-state index contributed by atoms with van der Waals surface area (Å²) in [6.45, 7) is 1.80. The SMILES string of the molecule is Cc1c(Cl)cccc1NC(=O)/C(C#N)=C\Nc1ccc(Br)cc1. The zero-order valence-corrected chi connectivity index (χ0v) is 14.6. The molecule has 1 amide bonds. The van der Waals surface area contributed by atoms with Crippen molar-refractivity contribution in [3.05, 3.63) is 69.3 Å². The Labute approximate surface area is 147 Å². The van der Waals surface area contributed by atoms with Gasteiger partial charge in [-0.05, 0) is 48.9 Å². The van der Waals surface area contributed by atoms with Crippen molar-refractivity contribution in [2.75, 3.05) is 10.6 Å². The fraction of sp³-hybridized carbons (Fsp3) is 0.0588. The smallest absolute Gasteiger partial charge is 0.267 e. The van der Waals surface area contributed by atoms with Crippen molar-refractivity contribution in [3.63, 3.8) is 0 Å². The fourth-order valence-corrected chi connectivity index (χ4v) is 2.22. The first kappa shape index (κ1) is 17.1. The Morgan fingerprint density at radius 1 is 1.26 bits per heavy atom. The molecule has 0 aromatic heterocycles. The molecule has 0 aliphatic carbocycles. The highest BCUT2D eigenvalue weighted by molar-refractivity contribution is 9.10. The number of anilines is 2. The third-order valence-electron chi connectivity index (χ3n) is 3.11. The maximum absolute atomic E-state index is 12.2. The number of nitrogens with one attached hydrogen (secondary N) is 2. The van der Waals surface area contributed by atoms with E-state index in [1.54, 1.807) is 25.1 Å². The largest absolute Gasteiger partial charge is 0.360 e. The van der Waals surface area contributed by atoms with E-state index in [1.807, 2.05) is 30.3 Å². The van der Waals surface area contributed by atoms with Crippen LogP contribution in [0.2, 0.25) is 5.02 Å². The van der Waals surface area contributed by atoms with Gasteiger partial charge in [0.15, 0.2) is 0 Å². The highest BCUT2D eigenvalue weighted by atomic mass is 79.9. The van der Waals surface area contributed by atoms with Crippen molar-refractivity contribution < 1.29 is 4.79 Å². The van der Waals surface area contributed by atoms with Crippen molar-refractivity contribution in [1.82, 2.24) is 0 Å². The molecule has 0 aliphatic heterocycles. The van der Waals surface area contributed by atoms with E-state index in [4.69, 9.17) is 16.9 Å². The number of amides is 1. The Morgan fingerprint density at radius 3 is 2.61 bits per heavy atom. The van der Waals surface area contributed by atoms with E-state index in [0.29, 0.717) is 10.7 Å². The number of hydrogen-bond donors (Lipinski definition) is 2. The first-order valence-corrected chi connectivity index (χ1v) is 7.87. The Morgan fingerprint density at radius 2 is 1.96 bits per heavy atom. The number of nitrogens with zero attached hydrogens (tertiary/aromatic N) is 1. The van der Waals surface area contributed by atoms with Gasteiger partial charge in [-0.3, -0.25) is 4.79 Å². The van der Waals surface area contributed by atoms with Gasteiger partial charge in [0, 0.05) is 27.1 Å². The first-order chi connectivity index (χ1) is 11.0. The lowest BCUT2D eigenvalue weighted by molar-refractivity contribution is -0.112. The van der Waals surface area contributed by atoms with Gasteiger partial charge < -0.3 is 10.6 Å². The minimum absolute atomic E-state index is 0.0349. The van der Waals surface area contributed by atoms with Crippen molar-refractivity contribution in [3.8, 4) is 6.07 Å². The lowest BCUT2D eigenvalue weighted by Gasteiger charge is -2.09. The molecule has 2 aromatic carbocycles. The molecule has 0 radical (unpaired) electrons. The fourth-order valence-electron chi connectivity index (χ4n) is 1.78. The minimum Gasteiger partial charge on any atom is -0.360 e. The molecule has 0 fully saturated rings. The Bertz CT molecular complexity index is 794. The standard InChI is InChI=1S/C17H13BrClN3O/c1-11-15(19)3-2-4-16(11)22-17(23)12(9-20)10-21-14-7-5-13(18)6-8-14/h2-8,10,21H,1H3,(H,22,23)/b12-10-. The molecular weight excluding hydrogens is 378 g/mol. The number of nitriles is 1. The molecule has 0 atom stereocenters. The van der Waals surface area contributed by atoms with Crippen LogP contribution in [0.4, 0.5) is 11.4 Å². The van der Waals surface area contributed by atoms with Gasteiger partial charge in [0.2, 0.25) is 0 Å². The van der Waals surface area contributed by atoms with Crippen LogP contribution >= 0.6 is 27.5 Å². The van der Waals surface area contributed by atoms with Gasteiger partial charge in [0.05, 0.1) is 0 Å². The van der Waals surface area contributed by atoms with Crippen molar-refractivity contribution >= 4 is 44.8 Å². The van der Waals surface area contributed by atoms with Crippen molar-refractivity contribution in [2.45, 2.75) is 6.92 Å². The van der Waals surface area contributed by atoms with Crippen molar-refractivity contribution in [2.24, 2.45) is 0 Å². The van der Waals surface area contributed by atoms with Crippen LogP contribution in [0.1, 0.15) is 5.56 Å². The quantitative estimate of drug-likeness (QED) is 0.578. The number of rotatable bonds is 4. The molecule has 0 spiro atoms. The summed E-state index contributed by atoms with van der Waals surface area (Å²) in [5.41, 5.74) is 2.06. The minimum atomic E-state index is -0.498. The summed E-state index contributed by atoms with van der Waals surface area (Å²) in [6.07, 6.45) is 1.37. The molecular formula is C17H13BrClN3O. The zero-order chi connectivity index (χ0) is 16.8. The monoisotopic (exact) mass is 389 g/mol. The predicted octanol–water partition coefficient (Wildman–Crippen LogP) is 4.87. The summed E-state index contributed by atoms with van der Waals surface area (Å²) in [4.78, 5) is 12.2. The highest BCUT2D eigenvalue weighted by Crippen LogP contribution is 2.23. The van der Waals surface area contributed by atoms with E-state index in [2.05, 4.69) is 26.6 Å². The maximum Gasteiger partial charge on any atom is 0.267 e. The van der Waals surface area contributed by atoms with Gasteiger partial charge in [0.1, 0.15) is 11.6 Å².